The molecule has 0 unspecified atom stereocenters. The number of fused-ring (bicyclic) bond motifs is 1. The van der Waals surface area contributed by atoms with Crippen LogP contribution in [0.5, 0.6) is 11.5 Å². The number of benzene rings is 2. The van der Waals surface area contributed by atoms with Crippen molar-refractivity contribution in [2.45, 2.75) is 19.9 Å². The van der Waals surface area contributed by atoms with Gasteiger partial charge in [-0.1, -0.05) is 11.6 Å². The van der Waals surface area contributed by atoms with Gasteiger partial charge in [-0.25, -0.2) is 4.98 Å². The van der Waals surface area contributed by atoms with E-state index < -0.39 is 0 Å². The van der Waals surface area contributed by atoms with Crippen molar-refractivity contribution in [3.63, 3.8) is 0 Å². The van der Waals surface area contributed by atoms with E-state index in [-0.39, 0.29) is 17.5 Å². The second-order valence-electron chi connectivity index (χ2n) is 5.27. The van der Waals surface area contributed by atoms with Crippen LogP contribution < -0.4 is 0 Å². The van der Waals surface area contributed by atoms with Crippen LogP contribution in [0.3, 0.4) is 0 Å². The minimum Gasteiger partial charge on any atom is -0.508 e. The predicted octanol–water partition coefficient (Wildman–Crippen LogP) is 4.35. The maximum atomic E-state index is 9.69. The first-order valence-corrected chi connectivity index (χ1v) is 7.04. The molecule has 108 valence electrons. The van der Waals surface area contributed by atoms with Gasteiger partial charge in [0, 0.05) is 22.7 Å². The fraction of sp³-hybridized carbons (Fsp3) is 0.188. The highest BCUT2D eigenvalue weighted by molar-refractivity contribution is 6.31. The third-order valence-electron chi connectivity index (χ3n) is 3.33. The zero-order valence-corrected chi connectivity index (χ0v) is 12.5. The summed E-state index contributed by atoms with van der Waals surface area (Å²) in [6.45, 7) is 4.10. The number of phenols is 2. The van der Waals surface area contributed by atoms with Gasteiger partial charge in [0.25, 0.3) is 0 Å². The summed E-state index contributed by atoms with van der Waals surface area (Å²) in [5, 5.41) is 20.0. The number of aromatic hydroxyl groups is 2. The van der Waals surface area contributed by atoms with Crippen molar-refractivity contribution in [1.29, 1.82) is 0 Å². The van der Waals surface area contributed by atoms with Crippen molar-refractivity contribution in [2.24, 2.45) is 0 Å². The molecule has 1 aromatic heterocycles. The molecule has 0 aliphatic heterocycles. The first-order chi connectivity index (χ1) is 9.95. The molecule has 4 nitrogen and oxygen atoms in total. The summed E-state index contributed by atoms with van der Waals surface area (Å²) in [5.41, 5.74) is 2.41. The molecule has 5 heteroatoms. The Hall–Kier alpha value is -2.20. The van der Waals surface area contributed by atoms with Crippen molar-refractivity contribution >= 4 is 22.6 Å². The van der Waals surface area contributed by atoms with Gasteiger partial charge in [0.05, 0.1) is 11.0 Å². The maximum absolute atomic E-state index is 9.69. The summed E-state index contributed by atoms with van der Waals surface area (Å²) in [6, 6.07) is 10.2. The Morgan fingerprint density at radius 1 is 1.05 bits per heavy atom. The van der Waals surface area contributed by atoms with Gasteiger partial charge in [-0.15, -0.1) is 0 Å². The van der Waals surface area contributed by atoms with Crippen molar-refractivity contribution in [1.82, 2.24) is 9.55 Å². The summed E-state index contributed by atoms with van der Waals surface area (Å²) in [6.07, 6.45) is 0. The molecule has 3 rings (SSSR count). The van der Waals surface area contributed by atoms with Crippen LogP contribution in [0.4, 0.5) is 0 Å². The second-order valence-corrected chi connectivity index (χ2v) is 5.71. The maximum Gasteiger partial charge on any atom is 0.141 e. The van der Waals surface area contributed by atoms with E-state index in [1.165, 1.54) is 6.07 Å². The second kappa shape index (κ2) is 4.97. The minimum atomic E-state index is 0.00500. The molecule has 0 aliphatic carbocycles. The van der Waals surface area contributed by atoms with Crippen molar-refractivity contribution in [3.05, 3.63) is 41.4 Å². The number of hydrogen-bond donors (Lipinski definition) is 2. The normalized spacial score (nSPS) is 11.4. The molecule has 21 heavy (non-hydrogen) atoms. The summed E-state index contributed by atoms with van der Waals surface area (Å²) >= 11 is 6.08. The van der Waals surface area contributed by atoms with Crippen molar-refractivity contribution < 1.29 is 10.2 Å². The molecule has 0 bridgehead atoms. The molecule has 0 amide bonds. The van der Waals surface area contributed by atoms with E-state index >= 15 is 0 Å². The SMILES string of the molecule is CC(C)n1c(-c2cc(O)cc(O)c2)nc2ccc(Cl)cc21. The number of aromatic nitrogens is 2. The van der Waals surface area contributed by atoms with Gasteiger partial charge in [0.2, 0.25) is 0 Å². The summed E-state index contributed by atoms with van der Waals surface area (Å²) in [7, 11) is 0. The average Bonchev–Trinajstić information content (AvgIpc) is 2.76. The van der Waals surface area contributed by atoms with E-state index in [0.717, 1.165) is 11.0 Å². The number of rotatable bonds is 2. The monoisotopic (exact) mass is 302 g/mol. The molecule has 2 aromatic carbocycles. The Balaban J connectivity index is 2.33. The first kappa shape index (κ1) is 13.8. The molecular weight excluding hydrogens is 288 g/mol. The Labute approximate surface area is 127 Å². The summed E-state index contributed by atoms with van der Waals surface area (Å²) in [5.74, 6) is 0.698. The highest BCUT2D eigenvalue weighted by atomic mass is 35.5. The molecule has 0 saturated heterocycles. The lowest BCUT2D eigenvalue weighted by Crippen LogP contribution is -2.03. The van der Waals surface area contributed by atoms with Gasteiger partial charge >= 0.3 is 0 Å². The van der Waals surface area contributed by atoms with E-state index in [1.807, 2.05) is 30.5 Å². The summed E-state index contributed by atoms with van der Waals surface area (Å²) in [4.78, 5) is 4.61. The number of imidazole rings is 1. The van der Waals surface area contributed by atoms with Crippen LogP contribution in [0, 0.1) is 0 Å². The molecule has 3 aromatic rings. The lowest BCUT2D eigenvalue weighted by atomic mass is 10.2. The molecule has 0 aliphatic rings. The Bertz CT molecular complexity index is 804. The van der Waals surface area contributed by atoms with Crippen molar-refractivity contribution in [3.8, 4) is 22.9 Å². The number of phenolic OH excluding ortho intramolecular Hbond substituents is 2. The van der Waals surface area contributed by atoms with E-state index in [2.05, 4.69) is 4.98 Å². The van der Waals surface area contributed by atoms with E-state index in [9.17, 15) is 10.2 Å². The molecule has 0 fully saturated rings. The highest BCUT2D eigenvalue weighted by Gasteiger charge is 2.16. The smallest absolute Gasteiger partial charge is 0.141 e. The highest BCUT2D eigenvalue weighted by Crippen LogP contribution is 2.33. The fourth-order valence-corrected chi connectivity index (χ4v) is 2.68. The van der Waals surface area contributed by atoms with Crippen molar-refractivity contribution in [2.75, 3.05) is 0 Å². The molecule has 2 N–H and O–H groups in total. The topological polar surface area (TPSA) is 58.3 Å². The fourth-order valence-electron chi connectivity index (χ4n) is 2.52. The predicted molar refractivity (Wildman–Crippen MR) is 83.9 cm³/mol. The van der Waals surface area contributed by atoms with Crippen LogP contribution in [0.1, 0.15) is 19.9 Å². The third kappa shape index (κ3) is 2.43. The van der Waals surface area contributed by atoms with Crippen LogP contribution in [0.2, 0.25) is 5.02 Å². The number of hydrogen-bond acceptors (Lipinski definition) is 3. The van der Waals surface area contributed by atoms with E-state index in [0.29, 0.717) is 16.4 Å². The van der Waals surface area contributed by atoms with Gasteiger partial charge in [0.1, 0.15) is 17.3 Å². The Morgan fingerprint density at radius 3 is 2.33 bits per heavy atom. The van der Waals surface area contributed by atoms with Gasteiger partial charge in [-0.2, -0.15) is 0 Å². The van der Waals surface area contributed by atoms with Crippen LogP contribution in [0.25, 0.3) is 22.4 Å². The molecule has 0 radical (unpaired) electrons. The lowest BCUT2D eigenvalue weighted by Gasteiger charge is -2.13. The number of nitrogens with zero attached hydrogens (tertiary/aromatic N) is 2. The summed E-state index contributed by atoms with van der Waals surface area (Å²) < 4.78 is 2.04. The van der Waals surface area contributed by atoms with Crippen LogP contribution >= 0.6 is 11.6 Å². The minimum absolute atomic E-state index is 0.00500. The standard InChI is InChI=1S/C16H15ClN2O2/c1-9(2)19-15-7-11(17)3-4-14(15)18-16(19)10-5-12(20)8-13(21)6-10/h3-9,20-21H,1-2H3. The van der Waals surface area contributed by atoms with Crippen LogP contribution in [0.15, 0.2) is 36.4 Å². The first-order valence-electron chi connectivity index (χ1n) is 6.66. The van der Waals surface area contributed by atoms with Crippen LogP contribution in [-0.4, -0.2) is 19.8 Å². The molecule has 0 spiro atoms. The largest absolute Gasteiger partial charge is 0.508 e. The van der Waals surface area contributed by atoms with Gasteiger partial charge in [0.15, 0.2) is 0 Å². The van der Waals surface area contributed by atoms with Crippen LogP contribution in [-0.2, 0) is 0 Å². The quantitative estimate of drug-likeness (QED) is 0.740. The van der Waals surface area contributed by atoms with E-state index in [1.54, 1.807) is 18.2 Å². The van der Waals surface area contributed by atoms with Gasteiger partial charge in [-0.05, 0) is 44.2 Å². The lowest BCUT2D eigenvalue weighted by molar-refractivity contribution is 0.451. The average molecular weight is 303 g/mol. The molecular formula is C16H15ClN2O2. The Morgan fingerprint density at radius 2 is 1.71 bits per heavy atom. The third-order valence-corrected chi connectivity index (χ3v) is 3.56. The zero-order chi connectivity index (χ0) is 15.1. The zero-order valence-electron chi connectivity index (χ0n) is 11.7. The van der Waals surface area contributed by atoms with E-state index in [4.69, 9.17) is 11.6 Å². The number of halogens is 1. The van der Waals surface area contributed by atoms with Gasteiger partial charge < -0.3 is 14.8 Å². The molecule has 0 saturated carbocycles. The van der Waals surface area contributed by atoms with Gasteiger partial charge in [-0.3, -0.25) is 0 Å². The Kier molecular flexibility index (Phi) is 3.26. The molecule has 1 heterocycles. The molecule has 0 atom stereocenters.